The molecule has 2 aromatic rings. The number of rotatable bonds is 5. The molecule has 0 aliphatic rings. The summed E-state index contributed by atoms with van der Waals surface area (Å²) in [5.74, 6) is 0. The van der Waals surface area contributed by atoms with E-state index in [1.165, 1.54) is 0 Å². The smallest absolute Gasteiger partial charge is 0.0568 e. The molecule has 0 saturated carbocycles. The molecule has 1 N–H and O–H groups in total. The molecule has 0 spiro atoms. The van der Waals surface area contributed by atoms with E-state index < -0.39 is 0 Å². The van der Waals surface area contributed by atoms with Crippen LogP contribution in [0.2, 0.25) is 5.02 Å². The zero-order valence-electron chi connectivity index (χ0n) is 11.7. The van der Waals surface area contributed by atoms with Crippen LogP contribution >= 0.6 is 11.6 Å². The van der Waals surface area contributed by atoms with Gasteiger partial charge in [0.25, 0.3) is 0 Å². The number of hydrogen-bond donors (Lipinski definition) is 1. The lowest BCUT2D eigenvalue weighted by molar-refractivity contribution is 0.603. The first-order valence-corrected chi connectivity index (χ1v) is 7.03. The third kappa shape index (κ3) is 3.17. The largest absolute Gasteiger partial charge is 0.313 e. The second kappa shape index (κ2) is 6.22. The second-order valence-corrected chi connectivity index (χ2v) is 5.15. The van der Waals surface area contributed by atoms with Crippen molar-refractivity contribution in [2.24, 2.45) is 0 Å². The zero-order chi connectivity index (χ0) is 13.8. The van der Waals surface area contributed by atoms with E-state index in [9.17, 15) is 0 Å². The molecule has 0 aliphatic carbocycles. The van der Waals surface area contributed by atoms with E-state index >= 15 is 0 Å². The van der Waals surface area contributed by atoms with Gasteiger partial charge in [-0.25, -0.2) is 0 Å². The van der Waals surface area contributed by atoms with E-state index in [4.69, 9.17) is 11.6 Å². The summed E-state index contributed by atoms with van der Waals surface area (Å²) in [5, 5.41) is 8.34. The summed E-state index contributed by atoms with van der Waals surface area (Å²) < 4.78 is 1.97. The Hall–Kier alpha value is -1.32. The molecule has 0 saturated heterocycles. The van der Waals surface area contributed by atoms with Crippen molar-refractivity contribution in [3.8, 4) is 11.1 Å². The van der Waals surface area contributed by atoms with Gasteiger partial charge in [-0.1, -0.05) is 30.7 Å². The summed E-state index contributed by atoms with van der Waals surface area (Å²) in [4.78, 5) is 0. The minimum Gasteiger partial charge on any atom is -0.313 e. The van der Waals surface area contributed by atoms with E-state index in [-0.39, 0.29) is 6.04 Å². The van der Waals surface area contributed by atoms with Crippen molar-refractivity contribution in [2.45, 2.75) is 32.9 Å². The van der Waals surface area contributed by atoms with Crippen molar-refractivity contribution in [3.63, 3.8) is 0 Å². The van der Waals surface area contributed by atoms with Crippen LogP contribution < -0.4 is 5.32 Å². The Morgan fingerprint density at radius 1 is 1.37 bits per heavy atom. The molecule has 1 atom stereocenters. The highest BCUT2D eigenvalue weighted by molar-refractivity contribution is 6.31. The zero-order valence-corrected chi connectivity index (χ0v) is 12.4. The highest BCUT2D eigenvalue weighted by Crippen LogP contribution is 2.28. The highest BCUT2D eigenvalue weighted by atomic mass is 35.5. The normalized spacial score (nSPS) is 12.6. The summed E-state index contributed by atoms with van der Waals surface area (Å²) in [6.45, 7) is 5.19. The maximum atomic E-state index is 6.35. The van der Waals surface area contributed by atoms with Gasteiger partial charge in [-0.15, -0.1) is 0 Å². The Balaban J connectivity index is 2.28. The quantitative estimate of drug-likeness (QED) is 0.898. The van der Waals surface area contributed by atoms with Gasteiger partial charge in [0.2, 0.25) is 0 Å². The van der Waals surface area contributed by atoms with Crippen molar-refractivity contribution >= 4 is 11.6 Å². The highest BCUT2D eigenvalue weighted by Gasteiger charge is 2.09. The van der Waals surface area contributed by atoms with E-state index in [1.54, 1.807) is 0 Å². The molecule has 3 nitrogen and oxygen atoms in total. The fourth-order valence-electron chi connectivity index (χ4n) is 2.08. The number of hydrogen-bond acceptors (Lipinski definition) is 2. The molecule has 1 aromatic heterocycles. The fourth-order valence-corrected chi connectivity index (χ4v) is 2.42. The number of aromatic nitrogens is 2. The molecule has 0 fully saturated rings. The average Bonchev–Trinajstić information content (AvgIpc) is 2.87. The van der Waals surface area contributed by atoms with Gasteiger partial charge < -0.3 is 5.32 Å². The standard InChI is InChI=1S/C15H20ClN3/c1-4-7-19-10-13(9-18-19)12-5-6-14(11(2)17-3)15(16)8-12/h5-6,8-11,17H,4,7H2,1-3H3. The van der Waals surface area contributed by atoms with E-state index in [2.05, 4.69) is 42.6 Å². The minimum atomic E-state index is 0.254. The lowest BCUT2D eigenvalue weighted by atomic mass is 10.0. The number of benzene rings is 1. The maximum absolute atomic E-state index is 6.35. The third-order valence-electron chi connectivity index (χ3n) is 3.32. The van der Waals surface area contributed by atoms with Gasteiger partial charge in [0.1, 0.15) is 0 Å². The molecule has 19 heavy (non-hydrogen) atoms. The molecule has 0 aliphatic heterocycles. The van der Waals surface area contributed by atoms with Crippen molar-refractivity contribution in [3.05, 3.63) is 41.2 Å². The van der Waals surface area contributed by atoms with Crippen LogP contribution in [-0.4, -0.2) is 16.8 Å². The first-order valence-electron chi connectivity index (χ1n) is 6.65. The first kappa shape index (κ1) is 14.1. The van der Waals surface area contributed by atoms with Crippen LogP contribution in [0.3, 0.4) is 0 Å². The number of aryl methyl sites for hydroxylation is 1. The Kier molecular flexibility index (Phi) is 4.61. The molecule has 0 bridgehead atoms. The topological polar surface area (TPSA) is 29.9 Å². The van der Waals surface area contributed by atoms with Crippen LogP contribution in [0.15, 0.2) is 30.6 Å². The minimum absolute atomic E-state index is 0.254. The van der Waals surface area contributed by atoms with Gasteiger partial charge >= 0.3 is 0 Å². The van der Waals surface area contributed by atoms with Gasteiger partial charge in [-0.3, -0.25) is 4.68 Å². The predicted molar refractivity (Wildman–Crippen MR) is 80.4 cm³/mol. The van der Waals surface area contributed by atoms with Gasteiger partial charge in [0, 0.05) is 29.4 Å². The van der Waals surface area contributed by atoms with Crippen LogP contribution in [0.4, 0.5) is 0 Å². The monoisotopic (exact) mass is 277 g/mol. The Morgan fingerprint density at radius 3 is 2.79 bits per heavy atom. The van der Waals surface area contributed by atoms with Gasteiger partial charge in [0.15, 0.2) is 0 Å². The molecule has 1 heterocycles. The van der Waals surface area contributed by atoms with Gasteiger partial charge in [0.05, 0.1) is 6.20 Å². The van der Waals surface area contributed by atoms with Gasteiger partial charge in [-0.05, 0) is 37.6 Å². The Morgan fingerprint density at radius 2 is 2.16 bits per heavy atom. The summed E-state index contributed by atoms with van der Waals surface area (Å²) in [7, 11) is 1.93. The fraction of sp³-hybridized carbons (Fsp3) is 0.400. The summed E-state index contributed by atoms with van der Waals surface area (Å²) in [6, 6.07) is 6.44. The van der Waals surface area contributed by atoms with E-state index in [0.29, 0.717) is 0 Å². The molecular weight excluding hydrogens is 258 g/mol. The second-order valence-electron chi connectivity index (χ2n) is 4.74. The average molecular weight is 278 g/mol. The molecule has 0 amide bonds. The molecule has 2 rings (SSSR count). The molecule has 1 unspecified atom stereocenters. The van der Waals surface area contributed by atoms with Crippen molar-refractivity contribution in [1.82, 2.24) is 15.1 Å². The van der Waals surface area contributed by atoms with Crippen molar-refractivity contribution < 1.29 is 0 Å². The predicted octanol–water partition coefficient (Wildman–Crippen LogP) is 3.89. The SMILES string of the molecule is CCCn1cc(-c2ccc(C(C)NC)c(Cl)c2)cn1. The van der Waals surface area contributed by atoms with Crippen LogP contribution in [0, 0.1) is 0 Å². The number of nitrogens with zero attached hydrogens (tertiary/aromatic N) is 2. The van der Waals surface area contributed by atoms with Crippen LogP contribution in [0.25, 0.3) is 11.1 Å². The Labute approximate surface area is 119 Å². The molecule has 1 aromatic carbocycles. The van der Waals surface area contributed by atoms with Crippen LogP contribution in [0.1, 0.15) is 31.9 Å². The van der Waals surface area contributed by atoms with Gasteiger partial charge in [-0.2, -0.15) is 5.10 Å². The van der Waals surface area contributed by atoms with Crippen molar-refractivity contribution in [1.29, 1.82) is 0 Å². The van der Waals surface area contributed by atoms with Crippen molar-refractivity contribution in [2.75, 3.05) is 7.05 Å². The van der Waals surface area contributed by atoms with Crippen LogP contribution in [-0.2, 0) is 6.54 Å². The molecule has 0 radical (unpaired) electrons. The van der Waals surface area contributed by atoms with E-state index in [0.717, 1.165) is 34.7 Å². The lowest BCUT2D eigenvalue weighted by Gasteiger charge is -2.13. The molecule has 102 valence electrons. The lowest BCUT2D eigenvalue weighted by Crippen LogP contribution is -2.12. The van der Waals surface area contributed by atoms with E-state index in [1.807, 2.05) is 24.0 Å². The number of halogens is 1. The number of nitrogens with one attached hydrogen (secondary N) is 1. The third-order valence-corrected chi connectivity index (χ3v) is 3.65. The molecular formula is C15H20ClN3. The Bertz CT molecular complexity index is 548. The summed E-state index contributed by atoms with van der Waals surface area (Å²) >= 11 is 6.35. The summed E-state index contributed by atoms with van der Waals surface area (Å²) in [6.07, 6.45) is 5.04. The van der Waals surface area contributed by atoms with Crippen LogP contribution in [0.5, 0.6) is 0 Å². The summed E-state index contributed by atoms with van der Waals surface area (Å²) in [5.41, 5.74) is 3.34. The maximum Gasteiger partial charge on any atom is 0.0568 e. The first-order chi connectivity index (χ1) is 9.15. The molecule has 4 heteroatoms.